The Bertz CT molecular complexity index is 708. The van der Waals surface area contributed by atoms with E-state index in [1.807, 2.05) is 0 Å². The van der Waals surface area contributed by atoms with Gasteiger partial charge in [0, 0.05) is 49.9 Å². The minimum absolute atomic E-state index is 0.355. The Morgan fingerprint density at radius 2 is 1.92 bits per heavy atom. The summed E-state index contributed by atoms with van der Waals surface area (Å²) in [5.74, 6) is 0. The molecule has 1 atom stereocenters. The van der Waals surface area contributed by atoms with E-state index in [9.17, 15) is 0 Å². The van der Waals surface area contributed by atoms with Gasteiger partial charge in [-0.25, -0.2) is 0 Å². The number of likely N-dealkylation sites (tertiary alicyclic amines) is 2. The van der Waals surface area contributed by atoms with Crippen molar-refractivity contribution in [3.63, 3.8) is 0 Å². The lowest BCUT2D eigenvalue weighted by Gasteiger charge is -2.16. The van der Waals surface area contributed by atoms with Crippen molar-refractivity contribution in [2.24, 2.45) is 0 Å². The van der Waals surface area contributed by atoms with E-state index < -0.39 is 0 Å². The Balaban J connectivity index is 1.33. The first kappa shape index (κ1) is 18.0. The molecule has 1 aromatic carbocycles. The molecule has 0 saturated carbocycles. The first-order valence-electron chi connectivity index (χ1n) is 9.96. The highest BCUT2D eigenvalue weighted by atomic mass is 16.5. The number of ether oxygens (including phenoxy) is 2. The van der Waals surface area contributed by atoms with Gasteiger partial charge in [-0.1, -0.05) is 6.07 Å². The van der Waals surface area contributed by atoms with Crippen LogP contribution in [0.15, 0.2) is 24.3 Å². The van der Waals surface area contributed by atoms with E-state index in [2.05, 4.69) is 39.0 Å². The molecule has 5 heteroatoms. The maximum absolute atomic E-state index is 5.87. The number of benzene rings is 1. The third-order valence-corrected chi connectivity index (χ3v) is 5.61. The quantitative estimate of drug-likeness (QED) is 0.738. The number of nitrogens with zero attached hydrogens (tertiary/aromatic N) is 2. The molecule has 2 saturated heterocycles. The minimum Gasteiger partial charge on any atom is -0.382 e. The van der Waals surface area contributed by atoms with Gasteiger partial charge in [-0.05, 0) is 56.1 Å². The molecule has 1 unspecified atom stereocenters. The fourth-order valence-corrected chi connectivity index (χ4v) is 4.24. The van der Waals surface area contributed by atoms with Crippen molar-refractivity contribution in [3.05, 3.63) is 35.5 Å². The van der Waals surface area contributed by atoms with E-state index in [1.165, 1.54) is 48.1 Å². The molecule has 3 heterocycles. The summed E-state index contributed by atoms with van der Waals surface area (Å²) in [6.07, 6.45) is 4.16. The van der Waals surface area contributed by atoms with Crippen LogP contribution in [0.3, 0.4) is 0 Å². The smallest absolute Gasteiger partial charge is 0.0715 e. The van der Waals surface area contributed by atoms with Crippen LogP contribution >= 0.6 is 0 Å². The molecule has 142 valence electrons. The highest BCUT2D eigenvalue weighted by Crippen LogP contribution is 2.22. The fourth-order valence-electron chi connectivity index (χ4n) is 4.24. The Morgan fingerprint density at radius 3 is 2.77 bits per heavy atom. The van der Waals surface area contributed by atoms with Crippen molar-refractivity contribution in [2.75, 3.05) is 46.5 Å². The van der Waals surface area contributed by atoms with Crippen LogP contribution in [0.1, 0.15) is 30.5 Å². The summed E-state index contributed by atoms with van der Waals surface area (Å²) in [5.41, 5.74) is 3.98. The van der Waals surface area contributed by atoms with Crippen LogP contribution in [0.25, 0.3) is 10.9 Å². The topological polar surface area (TPSA) is 40.7 Å². The number of hydrogen-bond acceptors (Lipinski definition) is 4. The van der Waals surface area contributed by atoms with E-state index in [4.69, 9.17) is 9.47 Å². The highest BCUT2D eigenvalue weighted by Gasteiger charge is 2.23. The number of H-pyrrole nitrogens is 1. The Hall–Kier alpha value is -1.40. The van der Waals surface area contributed by atoms with Crippen molar-refractivity contribution in [3.8, 4) is 0 Å². The molecular formula is C21H31N3O2. The summed E-state index contributed by atoms with van der Waals surface area (Å²) in [7, 11) is 1.72. The van der Waals surface area contributed by atoms with Gasteiger partial charge in [-0.15, -0.1) is 0 Å². The summed E-state index contributed by atoms with van der Waals surface area (Å²) in [6.45, 7) is 8.05. The molecule has 2 fully saturated rings. The van der Waals surface area contributed by atoms with E-state index in [0.717, 1.165) is 32.6 Å². The first-order chi connectivity index (χ1) is 12.8. The second kappa shape index (κ2) is 8.53. The molecule has 4 rings (SSSR count). The summed E-state index contributed by atoms with van der Waals surface area (Å²) in [6, 6.07) is 9.18. The summed E-state index contributed by atoms with van der Waals surface area (Å²) in [5, 5.41) is 1.34. The maximum atomic E-state index is 5.87. The average molecular weight is 357 g/mol. The van der Waals surface area contributed by atoms with Crippen molar-refractivity contribution >= 4 is 10.9 Å². The molecule has 5 nitrogen and oxygen atoms in total. The van der Waals surface area contributed by atoms with Crippen molar-refractivity contribution in [1.82, 2.24) is 14.8 Å². The van der Waals surface area contributed by atoms with E-state index in [-0.39, 0.29) is 0 Å². The monoisotopic (exact) mass is 357 g/mol. The maximum Gasteiger partial charge on any atom is 0.0715 e. The van der Waals surface area contributed by atoms with Crippen LogP contribution in [0, 0.1) is 0 Å². The van der Waals surface area contributed by atoms with Crippen molar-refractivity contribution in [1.29, 1.82) is 0 Å². The first-order valence-corrected chi connectivity index (χ1v) is 9.96. The van der Waals surface area contributed by atoms with Gasteiger partial charge in [0.05, 0.1) is 19.3 Å². The summed E-state index contributed by atoms with van der Waals surface area (Å²) >= 11 is 0. The van der Waals surface area contributed by atoms with Crippen LogP contribution in [-0.4, -0.2) is 67.4 Å². The largest absolute Gasteiger partial charge is 0.382 e. The molecule has 0 bridgehead atoms. The van der Waals surface area contributed by atoms with Gasteiger partial charge in [0.2, 0.25) is 0 Å². The Kier molecular flexibility index (Phi) is 5.90. The van der Waals surface area contributed by atoms with E-state index in [1.54, 1.807) is 7.11 Å². The number of hydrogen-bond donors (Lipinski definition) is 1. The lowest BCUT2D eigenvalue weighted by molar-refractivity contribution is 0.0219. The van der Waals surface area contributed by atoms with Crippen molar-refractivity contribution < 1.29 is 9.47 Å². The molecule has 1 N–H and O–H groups in total. The molecule has 0 aliphatic carbocycles. The molecular weight excluding hydrogens is 326 g/mol. The third-order valence-electron chi connectivity index (χ3n) is 5.61. The minimum atomic E-state index is 0.355. The number of aromatic amines is 1. The zero-order valence-electron chi connectivity index (χ0n) is 15.9. The molecule has 2 aromatic rings. The predicted octanol–water partition coefficient (Wildman–Crippen LogP) is 3.00. The molecule has 0 radical (unpaired) electrons. The number of rotatable bonds is 8. The Labute approximate surface area is 156 Å². The van der Waals surface area contributed by atoms with Gasteiger partial charge in [0.25, 0.3) is 0 Å². The molecule has 0 spiro atoms. The van der Waals surface area contributed by atoms with Crippen LogP contribution in [0.4, 0.5) is 0 Å². The van der Waals surface area contributed by atoms with Crippen LogP contribution < -0.4 is 0 Å². The summed E-state index contributed by atoms with van der Waals surface area (Å²) < 4.78 is 10.9. The van der Waals surface area contributed by atoms with Crippen LogP contribution in [0.2, 0.25) is 0 Å². The van der Waals surface area contributed by atoms with Gasteiger partial charge >= 0.3 is 0 Å². The molecule has 0 amide bonds. The number of methoxy groups -OCH3 is 1. The van der Waals surface area contributed by atoms with Crippen LogP contribution in [-0.2, 0) is 22.6 Å². The SMILES string of the molecule is COCCOC1CCN(Cc2ccc3[nH]c(CN4CCCC4)cc3c2)C1. The number of aromatic nitrogens is 1. The van der Waals surface area contributed by atoms with Crippen LogP contribution in [0.5, 0.6) is 0 Å². The van der Waals surface area contributed by atoms with Gasteiger partial charge < -0.3 is 14.5 Å². The van der Waals surface area contributed by atoms with Crippen molar-refractivity contribution in [2.45, 2.75) is 38.5 Å². The van der Waals surface area contributed by atoms with Gasteiger partial charge in [0.15, 0.2) is 0 Å². The third kappa shape index (κ3) is 4.46. The number of nitrogens with one attached hydrogen (secondary N) is 1. The van der Waals surface area contributed by atoms with Gasteiger partial charge in [0.1, 0.15) is 0 Å². The van der Waals surface area contributed by atoms with E-state index in [0.29, 0.717) is 19.3 Å². The fraction of sp³-hybridized carbons (Fsp3) is 0.619. The molecule has 2 aliphatic rings. The highest BCUT2D eigenvalue weighted by molar-refractivity contribution is 5.81. The molecule has 1 aromatic heterocycles. The van der Waals surface area contributed by atoms with Gasteiger partial charge in [-0.3, -0.25) is 9.80 Å². The standard InChI is InChI=1S/C21H31N3O2/c1-25-10-11-26-20-6-9-24(16-20)14-17-4-5-21-18(12-17)13-19(22-21)15-23-7-2-3-8-23/h4-5,12-13,20,22H,2-3,6-11,14-16H2,1H3. The lowest BCUT2D eigenvalue weighted by Crippen LogP contribution is -2.23. The zero-order chi connectivity index (χ0) is 17.8. The van der Waals surface area contributed by atoms with E-state index >= 15 is 0 Å². The second-order valence-electron chi connectivity index (χ2n) is 7.71. The normalized spacial score (nSPS) is 22.0. The zero-order valence-corrected chi connectivity index (χ0v) is 15.9. The second-order valence-corrected chi connectivity index (χ2v) is 7.71. The molecule has 26 heavy (non-hydrogen) atoms. The predicted molar refractivity (Wildman–Crippen MR) is 104 cm³/mol. The summed E-state index contributed by atoms with van der Waals surface area (Å²) in [4.78, 5) is 8.63. The Morgan fingerprint density at radius 1 is 1.04 bits per heavy atom. The molecule has 2 aliphatic heterocycles. The number of fused-ring (bicyclic) bond motifs is 1. The van der Waals surface area contributed by atoms with Gasteiger partial charge in [-0.2, -0.15) is 0 Å². The average Bonchev–Trinajstić information content (AvgIpc) is 3.36. The lowest BCUT2D eigenvalue weighted by atomic mass is 10.1.